The van der Waals surface area contributed by atoms with Crippen molar-refractivity contribution in [1.82, 2.24) is 0 Å². The first kappa shape index (κ1) is 32.4. The number of allylic oxidation sites excluding steroid dienone is 2. The van der Waals surface area contributed by atoms with Crippen LogP contribution < -0.4 is 0 Å². The zero-order chi connectivity index (χ0) is 31.5. The molecule has 6 rings (SSSR count). The van der Waals surface area contributed by atoms with Gasteiger partial charge < -0.3 is 35.4 Å². The average Bonchev–Trinajstić information content (AvgIpc) is 2.94. The van der Waals surface area contributed by atoms with E-state index < -0.39 is 48.6 Å². The number of ether oxygens (including phenoxy) is 1. The standard InChI is InChI=1S/C36H60O7/c1-31(2)14-16-36(30(42)29-28(41)27(40)26(39)22(19-37)43-29)17-15-34(6)20(21(36)18-31)8-9-24-33(5)12-11-25(38)32(3,4)23(33)10-13-35(24,34)7/h8,21-30,37-42H,9-19H2,1-7H3/t21?,22?,23?,24?,25-,26-,27?,28?,29-,30+,33-,34+,35+,36-/m0/s1. The third-order valence-electron chi connectivity index (χ3n) is 15.5. The first-order valence-electron chi connectivity index (χ1n) is 17.3. The summed E-state index contributed by atoms with van der Waals surface area (Å²) in [6, 6.07) is 0. The van der Waals surface area contributed by atoms with E-state index in [9.17, 15) is 30.6 Å². The maximum atomic E-state index is 12.3. The molecule has 6 aliphatic rings. The number of hydrogen-bond donors (Lipinski definition) is 6. The van der Waals surface area contributed by atoms with Gasteiger partial charge in [-0.3, -0.25) is 0 Å². The van der Waals surface area contributed by atoms with Crippen LogP contribution in [0.4, 0.5) is 0 Å². The van der Waals surface area contributed by atoms with E-state index in [1.54, 1.807) is 0 Å². The van der Waals surface area contributed by atoms with Crippen LogP contribution in [-0.4, -0.2) is 80.0 Å². The minimum atomic E-state index is -1.49. The van der Waals surface area contributed by atoms with Crippen molar-refractivity contribution >= 4 is 0 Å². The lowest BCUT2D eigenvalue weighted by molar-refractivity contribution is -0.272. The van der Waals surface area contributed by atoms with Crippen LogP contribution in [0.25, 0.3) is 0 Å². The second kappa shape index (κ2) is 10.2. The Morgan fingerprint density at radius 3 is 2.16 bits per heavy atom. The summed E-state index contributed by atoms with van der Waals surface area (Å²) >= 11 is 0. The van der Waals surface area contributed by atoms with Crippen LogP contribution in [-0.2, 0) is 4.74 Å². The lowest BCUT2D eigenvalue weighted by Gasteiger charge is -2.72. The summed E-state index contributed by atoms with van der Waals surface area (Å²) in [6.45, 7) is 16.3. The fourth-order valence-corrected chi connectivity index (χ4v) is 12.5. The first-order valence-corrected chi connectivity index (χ1v) is 17.3. The van der Waals surface area contributed by atoms with Gasteiger partial charge in [0, 0.05) is 5.41 Å². The van der Waals surface area contributed by atoms with Crippen molar-refractivity contribution in [3.63, 3.8) is 0 Å². The highest BCUT2D eigenvalue weighted by Gasteiger charge is 2.69. The molecule has 7 heteroatoms. The summed E-state index contributed by atoms with van der Waals surface area (Å²) in [7, 11) is 0. The number of aliphatic hydroxyl groups excluding tert-OH is 6. The molecule has 0 aromatic carbocycles. The molecule has 14 atom stereocenters. The zero-order valence-electron chi connectivity index (χ0n) is 27.7. The van der Waals surface area contributed by atoms with Crippen LogP contribution >= 0.6 is 0 Å². The molecule has 0 aromatic heterocycles. The van der Waals surface area contributed by atoms with Crippen molar-refractivity contribution in [2.75, 3.05) is 6.61 Å². The van der Waals surface area contributed by atoms with E-state index in [-0.39, 0.29) is 39.1 Å². The Labute approximate surface area is 259 Å². The van der Waals surface area contributed by atoms with Crippen molar-refractivity contribution in [2.24, 2.45) is 50.2 Å². The van der Waals surface area contributed by atoms with Crippen LogP contribution in [0.2, 0.25) is 0 Å². The molecular formula is C36H60O7. The predicted molar refractivity (Wildman–Crippen MR) is 165 cm³/mol. The molecule has 1 heterocycles. The fourth-order valence-electron chi connectivity index (χ4n) is 12.5. The van der Waals surface area contributed by atoms with Gasteiger partial charge in [0.2, 0.25) is 0 Å². The van der Waals surface area contributed by atoms with Crippen molar-refractivity contribution in [3.05, 3.63) is 11.6 Å². The summed E-state index contributed by atoms with van der Waals surface area (Å²) < 4.78 is 6.01. The van der Waals surface area contributed by atoms with Gasteiger partial charge >= 0.3 is 0 Å². The van der Waals surface area contributed by atoms with E-state index in [2.05, 4.69) is 54.5 Å². The molecule has 6 unspecified atom stereocenters. The number of aliphatic hydroxyl groups is 6. The molecule has 0 radical (unpaired) electrons. The highest BCUT2D eigenvalue weighted by Crippen LogP contribution is 2.76. The Morgan fingerprint density at radius 2 is 1.49 bits per heavy atom. The SMILES string of the molecule is CC1(C)CC[C@]2([C@H](O)[C@H]3OC(CO)[C@H](O)C(O)C3O)CC[C@]3(C)C(=CCC4[C@@]5(C)CC[C@H](O)C(C)(C)C5CC[C@]43C)C2C1. The lowest BCUT2D eigenvalue weighted by atomic mass is 9.33. The van der Waals surface area contributed by atoms with E-state index >= 15 is 0 Å². The van der Waals surface area contributed by atoms with Gasteiger partial charge in [-0.15, -0.1) is 0 Å². The van der Waals surface area contributed by atoms with Crippen LogP contribution in [0.1, 0.15) is 113 Å². The smallest absolute Gasteiger partial charge is 0.113 e. The third-order valence-corrected chi connectivity index (χ3v) is 15.5. The summed E-state index contributed by atoms with van der Waals surface area (Å²) in [5.41, 5.74) is 1.21. The van der Waals surface area contributed by atoms with Gasteiger partial charge in [0.25, 0.3) is 0 Å². The van der Waals surface area contributed by atoms with Gasteiger partial charge in [0.1, 0.15) is 30.5 Å². The Balaban J connectivity index is 1.40. The maximum Gasteiger partial charge on any atom is 0.113 e. The molecule has 0 amide bonds. The van der Waals surface area contributed by atoms with E-state index in [1.807, 2.05) is 0 Å². The van der Waals surface area contributed by atoms with Crippen LogP contribution in [0, 0.1) is 50.2 Å². The van der Waals surface area contributed by atoms with Gasteiger partial charge in [0.05, 0.1) is 18.8 Å². The first-order chi connectivity index (χ1) is 19.9. The van der Waals surface area contributed by atoms with Crippen LogP contribution in [0.3, 0.4) is 0 Å². The molecule has 7 nitrogen and oxygen atoms in total. The Morgan fingerprint density at radius 1 is 0.814 bits per heavy atom. The Bertz CT molecular complexity index is 1120. The summed E-state index contributed by atoms with van der Waals surface area (Å²) in [5, 5.41) is 65.3. The monoisotopic (exact) mass is 604 g/mol. The van der Waals surface area contributed by atoms with Gasteiger partial charge in [-0.05, 0) is 109 Å². The summed E-state index contributed by atoms with van der Waals surface area (Å²) in [5.74, 6) is 1.13. The largest absolute Gasteiger partial charge is 0.394 e. The minimum absolute atomic E-state index is 0.0270. The zero-order valence-corrected chi connectivity index (χ0v) is 27.7. The van der Waals surface area contributed by atoms with E-state index in [0.29, 0.717) is 11.8 Å². The van der Waals surface area contributed by atoms with E-state index in [4.69, 9.17) is 4.74 Å². The highest BCUT2D eigenvalue weighted by atomic mass is 16.6. The molecule has 0 aromatic rings. The molecule has 5 fully saturated rings. The fraction of sp³-hybridized carbons (Fsp3) is 0.944. The second-order valence-electron chi connectivity index (χ2n) is 18.1. The van der Waals surface area contributed by atoms with Crippen molar-refractivity contribution in [1.29, 1.82) is 0 Å². The molecule has 1 saturated heterocycles. The van der Waals surface area contributed by atoms with Gasteiger partial charge in [-0.1, -0.05) is 60.1 Å². The van der Waals surface area contributed by atoms with Gasteiger partial charge in [-0.2, -0.15) is 0 Å². The molecule has 6 N–H and O–H groups in total. The minimum Gasteiger partial charge on any atom is -0.394 e. The maximum absolute atomic E-state index is 12.3. The molecule has 0 spiro atoms. The Hall–Kier alpha value is -0.540. The summed E-state index contributed by atoms with van der Waals surface area (Å²) in [6.07, 6.45) is 4.49. The summed E-state index contributed by atoms with van der Waals surface area (Å²) in [4.78, 5) is 0. The molecular weight excluding hydrogens is 544 g/mol. The predicted octanol–water partition coefficient (Wildman–Crippen LogP) is 4.35. The molecule has 1 aliphatic heterocycles. The average molecular weight is 605 g/mol. The van der Waals surface area contributed by atoms with Crippen molar-refractivity contribution < 1.29 is 35.4 Å². The highest BCUT2D eigenvalue weighted by molar-refractivity contribution is 5.34. The van der Waals surface area contributed by atoms with E-state index in [1.165, 1.54) is 5.57 Å². The van der Waals surface area contributed by atoms with Crippen molar-refractivity contribution in [2.45, 2.75) is 155 Å². The van der Waals surface area contributed by atoms with E-state index in [0.717, 1.165) is 64.2 Å². The molecule has 43 heavy (non-hydrogen) atoms. The Kier molecular flexibility index (Phi) is 7.71. The van der Waals surface area contributed by atoms with Gasteiger partial charge in [-0.25, -0.2) is 0 Å². The number of rotatable bonds is 3. The lowest BCUT2D eigenvalue weighted by Crippen LogP contribution is -2.68. The van der Waals surface area contributed by atoms with Crippen molar-refractivity contribution in [3.8, 4) is 0 Å². The second-order valence-corrected chi connectivity index (χ2v) is 18.1. The topological polar surface area (TPSA) is 131 Å². The quantitative estimate of drug-likeness (QED) is 0.264. The third kappa shape index (κ3) is 4.30. The van der Waals surface area contributed by atoms with Crippen LogP contribution in [0.15, 0.2) is 11.6 Å². The number of fused-ring (bicyclic) bond motifs is 7. The van der Waals surface area contributed by atoms with Gasteiger partial charge in [0.15, 0.2) is 0 Å². The molecule has 4 saturated carbocycles. The molecule has 0 bridgehead atoms. The molecule has 246 valence electrons. The normalized spacial score (nSPS) is 54.7. The number of hydrogen-bond acceptors (Lipinski definition) is 7. The van der Waals surface area contributed by atoms with Crippen LogP contribution in [0.5, 0.6) is 0 Å². The molecule has 5 aliphatic carbocycles.